The van der Waals surface area contributed by atoms with Gasteiger partial charge in [0, 0.05) is 12.6 Å². The lowest BCUT2D eigenvalue weighted by atomic mass is 10.2. The molecular weight excluding hydrogens is 220 g/mol. The Bertz CT molecular complexity index is 202. The SMILES string of the molecule is CSCCCCN=C(NN)NC1CCCC1. The third-order valence-corrected chi connectivity index (χ3v) is 3.56. The molecule has 0 bridgehead atoms. The summed E-state index contributed by atoms with van der Waals surface area (Å²) in [4.78, 5) is 4.44. The Morgan fingerprint density at radius 1 is 1.38 bits per heavy atom. The molecule has 0 atom stereocenters. The highest BCUT2D eigenvalue weighted by Gasteiger charge is 2.15. The summed E-state index contributed by atoms with van der Waals surface area (Å²) in [6.07, 6.45) is 9.63. The first-order valence-electron chi connectivity index (χ1n) is 6.13. The van der Waals surface area contributed by atoms with Crippen molar-refractivity contribution in [2.24, 2.45) is 10.8 Å². The maximum absolute atomic E-state index is 5.44. The minimum Gasteiger partial charge on any atom is -0.353 e. The van der Waals surface area contributed by atoms with Crippen molar-refractivity contribution < 1.29 is 0 Å². The molecule has 0 aromatic rings. The second kappa shape index (κ2) is 8.70. The molecular formula is C11H24N4S. The third kappa shape index (κ3) is 5.61. The number of hydrogen-bond acceptors (Lipinski definition) is 3. The summed E-state index contributed by atoms with van der Waals surface area (Å²) >= 11 is 1.89. The van der Waals surface area contributed by atoms with Gasteiger partial charge in [0.05, 0.1) is 0 Å². The van der Waals surface area contributed by atoms with Gasteiger partial charge in [0.1, 0.15) is 0 Å². The Balaban J connectivity index is 2.15. The molecule has 0 aromatic heterocycles. The lowest BCUT2D eigenvalue weighted by molar-refractivity contribution is 0.613. The first kappa shape index (κ1) is 13.6. The van der Waals surface area contributed by atoms with Gasteiger partial charge < -0.3 is 5.32 Å². The van der Waals surface area contributed by atoms with Gasteiger partial charge in [-0.2, -0.15) is 11.8 Å². The molecule has 4 N–H and O–H groups in total. The lowest BCUT2D eigenvalue weighted by Crippen LogP contribution is -2.45. The summed E-state index contributed by atoms with van der Waals surface area (Å²) in [5.41, 5.74) is 2.65. The fraction of sp³-hybridized carbons (Fsp3) is 0.909. The van der Waals surface area contributed by atoms with Crippen LogP contribution in [0.25, 0.3) is 0 Å². The number of aliphatic imine (C=N–C) groups is 1. The van der Waals surface area contributed by atoms with Crippen molar-refractivity contribution in [3.05, 3.63) is 0 Å². The summed E-state index contributed by atoms with van der Waals surface area (Å²) in [6.45, 7) is 0.861. The van der Waals surface area contributed by atoms with E-state index < -0.39 is 0 Å². The molecule has 5 heteroatoms. The Morgan fingerprint density at radius 3 is 2.75 bits per heavy atom. The van der Waals surface area contributed by atoms with Crippen molar-refractivity contribution >= 4 is 17.7 Å². The topological polar surface area (TPSA) is 62.4 Å². The van der Waals surface area contributed by atoms with Crippen LogP contribution in [0.3, 0.4) is 0 Å². The minimum atomic E-state index is 0.570. The van der Waals surface area contributed by atoms with E-state index in [4.69, 9.17) is 5.84 Å². The number of hydrazine groups is 1. The van der Waals surface area contributed by atoms with E-state index in [-0.39, 0.29) is 0 Å². The van der Waals surface area contributed by atoms with Gasteiger partial charge in [0.15, 0.2) is 0 Å². The molecule has 1 rings (SSSR count). The highest BCUT2D eigenvalue weighted by molar-refractivity contribution is 7.98. The standard InChI is InChI=1S/C11H24N4S/c1-16-9-5-4-8-13-11(15-12)14-10-6-2-3-7-10/h10H,2-9,12H2,1H3,(H2,13,14,15). The van der Waals surface area contributed by atoms with E-state index in [0.717, 1.165) is 18.9 Å². The molecule has 0 aromatic carbocycles. The number of guanidine groups is 1. The van der Waals surface area contributed by atoms with Crippen molar-refractivity contribution in [1.82, 2.24) is 10.7 Å². The van der Waals surface area contributed by atoms with Crippen LogP contribution in [0.15, 0.2) is 4.99 Å². The zero-order valence-electron chi connectivity index (χ0n) is 10.2. The van der Waals surface area contributed by atoms with Gasteiger partial charge in [-0.25, -0.2) is 5.84 Å². The van der Waals surface area contributed by atoms with Gasteiger partial charge in [-0.15, -0.1) is 0 Å². The molecule has 4 nitrogen and oxygen atoms in total. The zero-order valence-corrected chi connectivity index (χ0v) is 11.0. The van der Waals surface area contributed by atoms with Crippen molar-refractivity contribution in [3.8, 4) is 0 Å². The number of unbranched alkanes of at least 4 members (excludes halogenated alkanes) is 1. The fourth-order valence-electron chi connectivity index (χ4n) is 1.95. The molecule has 94 valence electrons. The molecule has 0 aliphatic heterocycles. The average Bonchev–Trinajstić information content (AvgIpc) is 2.80. The van der Waals surface area contributed by atoms with Gasteiger partial charge in [-0.3, -0.25) is 10.4 Å². The van der Waals surface area contributed by atoms with E-state index >= 15 is 0 Å². The van der Waals surface area contributed by atoms with Crippen LogP contribution in [0.4, 0.5) is 0 Å². The van der Waals surface area contributed by atoms with Crippen LogP contribution in [0.5, 0.6) is 0 Å². The maximum Gasteiger partial charge on any atom is 0.205 e. The monoisotopic (exact) mass is 244 g/mol. The zero-order chi connectivity index (χ0) is 11.6. The molecule has 0 radical (unpaired) electrons. The Labute approximate surface area is 103 Å². The molecule has 16 heavy (non-hydrogen) atoms. The van der Waals surface area contributed by atoms with Crippen LogP contribution in [-0.2, 0) is 0 Å². The van der Waals surface area contributed by atoms with Gasteiger partial charge in [0.25, 0.3) is 0 Å². The predicted octanol–water partition coefficient (Wildman–Crippen LogP) is 1.48. The second-order valence-corrected chi connectivity index (χ2v) is 5.19. The number of hydrogen-bond donors (Lipinski definition) is 3. The molecule has 0 amide bonds. The largest absolute Gasteiger partial charge is 0.353 e. The van der Waals surface area contributed by atoms with Gasteiger partial charge in [-0.05, 0) is 37.7 Å². The number of nitrogens with zero attached hydrogens (tertiary/aromatic N) is 1. The highest BCUT2D eigenvalue weighted by atomic mass is 32.2. The molecule has 1 saturated carbocycles. The second-order valence-electron chi connectivity index (χ2n) is 4.20. The van der Waals surface area contributed by atoms with Crippen molar-refractivity contribution in [2.75, 3.05) is 18.6 Å². The number of rotatable bonds is 6. The normalized spacial score (nSPS) is 17.8. The molecule has 0 unspecified atom stereocenters. The maximum atomic E-state index is 5.44. The van der Waals surface area contributed by atoms with Gasteiger partial charge in [0.2, 0.25) is 5.96 Å². The van der Waals surface area contributed by atoms with Crippen molar-refractivity contribution in [2.45, 2.75) is 44.6 Å². The summed E-state index contributed by atoms with van der Waals surface area (Å²) in [5.74, 6) is 7.42. The summed E-state index contributed by atoms with van der Waals surface area (Å²) < 4.78 is 0. The van der Waals surface area contributed by atoms with Crippen LogP contribution in [0, 0.1) is 0 Å². The first-order valence-corrected chi connectivity index (χ1v) is 7.52. The van der Waals surface area contributed by atoms with Crippen molar-refractivity contribution in [1.29, 1.82) is 0 Å². The Morgan fingerprint density at radius 2 is 2.12 bits per heavy atom. The summed E-state index contributed by atoms with van der Waals surface area (Å²) in [7, 11) is 0. The Hall–Kier alpha value is -0.420. The van der Waals surface area contributed by atoms with E-state index in [2.05, 4.69) is 22.0 Å². The lowest BCUT2D eigenvalue weighted by Gasteiger charge is -2.14. The van der Waals surface area contributed by atoms with E-state index in [1.54, 1.807) is 0 Å². The van der Waals surface area contributed by atoms with Crippen LogP contribution in [0.1, 0.15) is 38.5 Å². The van der Waals surface area contributed by atoms with E-state index in [1.165, 1.54) is 37.9 Å². The minimum absolute atomic E-state index is 0.570. The number of thioether (sulfide) groups is 1. The highest BCUT2D eigenvalue weighted by Crippen LogP contribution is 2.17. The third-order valence-electron chi connectivity index (χ3n) is 2.86. The molecule has 1 fully saturated rings. The smallest absolute Gasteiger partial charge is 0.205 e. The number of nitrogens with two attached hydrogens (primary N) is 1. The predicted molar refractivity (Wildman–Crippen MR) is 72.6 cm³/mol. The summed E-state index contributed by atoms with van der Waals surface area (Å²) in [6, 6.07) is 0.570. The Kier molecular flexibility index (Phi) is 7.42. The van der Waals surface area contributed by atoms with Crippen LogP contribution in [-0.4, -0.2) is 30.6 Å². The quantitative estimate of drug-likeness (QED) is 0.218. The van der Waals surface area contributed by atoms with Crippen molar-refractivity contribution in [3.63, 3.8) is 0 Å². The first-order chi connectivity index (χ1) is 7.86. The molecule has 0 spiro atoms. The molecule has 0 saturated heterocycles. The van der Waals surface area contributed by atoms with Gasteiger partial charge >= 0.3 is 0 Å². The van der Waals surface area contributed by atoms with E-state index in [1.807, 2.05) is 11.8 Å². The summed E-state index contributed by atoms with van der Waals surface area (Å²) in [5, 5.41) is 3.37. The molecule has 0 heterocycles. The fourth-order valence-corrected chi connectivity index (χ4v) is 2.44. The molecule has 1 aliphatic carbocycles. The molecule has 1 aliphatic rings. The van der Waals surface area contributed by atoms with Crippen LogP contribution < -0.4 is 16.6 Å². The van der Waals surface area contributed by atoms with Crippen LogP contribution in [0.2, 0.25) is 0 Å². The van der Waals surface area contributed by atoms with E-state index in [9.17, 15) is 0 Å². The van der Waals surface area contributed by atoms with Gasteiger partial charge in [-0.1, -0.05) is 12.8 Å². The van der Waals surface area contributed by atoms with E-state index in [0.29, 0.717) is 6.04 Å². The average molecular weight is 244 g/mol. The van der Waals surface area contributed by atoms with Crippen LogP contribution >= 0.6 is 11.8 Å². The number of nitrogens with one attached hydrogen (secondary N) is 2.